The zero-order valence-corrected chi connectivity index (χ0v) is 16.7. The van der Waals surface area contributed by atoms with Crippen molar-refractivity contribution in [2.75, 3.05) is 5.32 Å². The number of aromatic nitrogens is 4. The van der Waals surface area contributed by atoms with Crippen LogP contribution in [0.15, 0.2) is 57.8 Å². The van der Waals surface area contributed by atoms with Gasteiger partial charge in [-0.25, -0.2) is 9.37 Å². The van der Waals surface area contributed by atoms with Gasteiger partial charge in [0, 0.05) is 16.2 Å². The van der Waals surface area contributed by atoms with E-state index in [2.05, 4.69) is 36.4 Å². The maximum atomic E-state index is 13.2. The summed E-state index contributed by atoms with van der Waals surface area (Å²) in [4.78, 5) is 9.22. The van der Waals surface area contributed by atoms with Gasteiger partial charge >= 0.3 is 0 Å². The molecule has 1 N–H and O–H groups in total. The lowest BCUT2D eigenvalue weighted by Crippen LogP contribution is -2.13. The van der Waals surface area contributed by atoms with Crippen molar-refractivity contribution in [3.8, 4) is 11.4 Å². The second kappa shape index (κ2) is 6.75. The van der Waals surface area contributed by atoms with Crippen LogP contribution in [-0.2, 0) is 0 Å². The molecular weight excluding hydrogens is 445 g/mol. The van der Waals surface area contributed by atoms with Crippen LogP contribution in [-0.4, -0.2) is 30.7 Å². The summed E-state index contributed by atoms with van der Waals surface area (Å²) in [5.41, 5.74) is 3.11. The minimum absolute atomic E-state index is 0.267. The van der Waals surface area contributed by atoms with E-state index in [1.165, 1.54) is 0 Å². The van der Waals surface area contributed by atoms with E-state index in [-0.39, 0.29) is 5.92 Å². The number of pyridine rings is 1. The normalized spacial score (nSPS) is 18.4. The van der Waals surface area contributed by atoms with Gasteiger partial charge in [0.05, 0.1) is 17.8 Å². The fraction of sp³-hybridized carbons (Fsp3) is 0.158. The predicted octanol–water partition coefficient (Wildman–Crippen LogP) is 4.76. The molecule has 6 nitrogen and oxygen atoms in total. The number of rotatable bonds is 4. The fourth-order valence-corrected chi connectivity index (χ4v) is 3.58. The van der Waals surface area contributed by atoms with E-state index in [0.29, 0.717) is 23.1 Å². The van der Waals surface area contributed by atoms with Gasteiger partial charge in [-0.15, -0.1) is 0 Å². The fourth-order valence-electron chi connectivity index (χ4n) is 2.97. The highest BCUT2D eigenvalue weighted by Crippen LogP contribution is 2.43. The van der Waals surface area contributed by atoms with Crippen LogP contribution in [0.25, 0.3) is 17.0 Å². The van der Waals surface area contributed by atoms with Gasteiger partial charge in [-0.1, -0.05) is 23.4 Å². The molecule has 28 heavy (non-hydrogen) atoms. The number of nitrogens with zero attached hydrogens (tertiary/aromatic N) is 4. The maximum absolute atomic E-state index is 13.2. The van der Waals surface area contributed by atoms with Crippen molar-refractivity contribution in [3.63, 3.8) is 0 Å². The average Bonchev–Trinajstić information content (AvgIpc) is 3.12. The average molecular weight is 458 g/mol. The van der Waals surface area contributed by atoms with Crippen LogP contribution < -0.4 is 5.32 Å². The second-order valence-corrected chi connectivity index (χ2v) is 7.80. The van der Waals surface area contributed by atoms with E-state index in [4.69, 9.17) is 16.7 Å². The number of nitrogens with one attached hydrogen (secondary N) is 1. The molecule has 1 aliphatic rings. The highest BCUT2D eigenvalue weighted by Gasteiger charge is 2.43. The predicted molar refractivity (Wildman–Crippen MR) is 110 cm³/mol. The van der Waals surface area contributed by atoms with Gasteiger partial charge in [0.15, 0.2) is 0 Å². The number of benzene rings is 1. The molecule has 0 radical (unpaired) electrons. The summed E-state index contributed by atoms with van der Waals surface area (Å²) in [6, 6.07) is 11.4. The third-order valence-corrected chi connectivity index (χ3v) is 5.60. The number of anilines is 1. The Bertz CT molecular complexity index is 1210. The topological polar surface area (TPSA) is 68.2 Å². The van der Waals surface area contributed by atoms with Crippen LogP contribution in [0.1, 0.15) is 23.9 Å². The number of fused-ring (bicyclic) bond motifs is 1. The van der Waals surface area contributed by atoms with Gasteiger partial charge in [0.2, 0.25) is 11.7 Å². The summed E-state index contributed by atoms with van der Waals surface area (Å²) in [6.45, 7) is 0. The number of imidazole rings is 1. The molecule has 1 fully saturated rings. The summed E-state index contributed by atoms with van der Waals surface area (Å²) >= 11 is 9.11. The molecule has 0 saturated heterocycles. The molecule has 140 valence electrons. The first-order valence-electron chi connectivity index (χ1n) is 8.61. The van der Waals surface area contributed by atoms with E-state index < -0.39 is 6.17 Å². The Morgan fingerprint density at radius 1 is 1.32 bits per heavy atom. The highest BCUT2D eigenvalue weighted by molar-refractivity contribution is 9.10. The maximum Gasteiger partial charge on any atom is 0.233 e. The lowest BCUT2D eigenvalue weighted by atomic mass is 10.2. The molecule has 5 rings (SSSR count). The molecule has 0 spiro atoms. The lowest BCUT2D eigenvalue weighted by Gasteiger charge is -2.10. The van der Waals surface area contributed by atoms with Gasteiger partial charge in [0.25, 0.3) is 0 Å². The zero-order valence-electron chi connectivity index (χ0n) is 14.3. The van der Waals surface area contributed by atoms with E-state index in [9.17, 15) is 4.39 Å². The van der Waals surface area contributed by atoms with Crippen LogP contribution >= 0.6 is 28.1 Å². The standard InChI is InChI=1S/C19H13BrFN5OS/c20-12-5-4-10(17-24-18(27-25-17)11-8-13(11)21)7-14(12)23-19(28)15-9-22-16-3-1-2-6-26(15)16/h1-7,9,11,13H,8H2,(H,23,28)/t11-,13-/m0/s1. The summed E-state index contributed by atoms with van der Waals surface area (Å²) in [6.07, 6.45) is 3.21. The Kier molecular flexibility index (Phi) is 4.21. The van der Waals surface area contributed by atoms with Gasteiger partial charge in [-0.3, -0.25) is 4.40 Å². The van der Waals surface area contributed by atoms with Crippen molar-refractivity contribution in [1.82, 2.24) is 19.5 Å². The number of thiocarbonyl (C=S) groups is 1. The van der Waals surface area contributed by atoms with Crippen LogP contribution in [0, 0.1) is 0 Å². The molecular formula is C19H13BrFN5OS. The third-order valence-electron chi connectivity index (χ3n) is 4.59. The van der Waals surface area contributed by atoms with E-state index in [1.807, 2.05) is 47.0 Å². The highest BCUT2D eigenvalue weighted by atomic mass is 79.9. The number of hydrogen-bond donors (Lipinski definition) is 1. The largest absolute Gasteiger partial charge is 0.344 e. The van der Waals surface area contributed by atoms with Crippen molar-refractivity contribution in [1.29, 1.82) is 0 Å². The van der Waals surface area contributed by atoms with Gasteiger partial charge in [0.1, 0.15) is 22.5 Å². The minimum atomic E-state index is -0.877. The molecule has 1 saturated carbocycles. The number of alkyl halides is 1. The Morgan fingerprint density at radius 3 is 3.00 bits per heavy atom. The van der Waals surface area contributed by atoms with Crippen molar-refractivity contribution in [3.05, 3.63) is 64.8 Å². The molecule has 2 atom stereocenters. The molecule has 0 bridgehead atoms. The molecule has 0 amide bonds. The smallest absolute Gasteiger partial charge is 0.233 e. The van der Waals surface area contributed by atoms with Crippen molar-refractivity contribution in [2.45, 2.75) is 18.5 Å². The Balaban J connectivity index is 1.43. The molecule has 0 unspecified atom stereocenters. The Labute approximate surface area is 172 Å². The Morgan fingerprint density at radius 2 is 2.18 bits per heavy atom. The molecule has 3 aromatic heterocycles. The molecule has 9 heteroatoms. The summed E-state index contributed by atoms with van der Waals surface area (Å²) in [5.74, 6) is 0.503. The first kappa shape index (κ1) is 17.4. The minimum Gasteiger partial charge on any atom is -0.344 e. The Hall–Kier alpha value is -2.65. The van der Waals surface area contributed by atoms with E-state index in [0.717, 1.165) is 27.1 Å². The third kappa shape index (κ3) is 3.10. The first-order chi connectivity index (χ1) is 13.6. The second-order valence-electron chi connectivity index (χ2n) is 6.54. The van der Waals surface area contributed by atoms with Crippen molar-refractivity contribution < 1.29 is 8.91 Å². The molecule has 0 aliphatic heterocycles. The van der Waals surface area contributed by atoms with Crippen molar-refractivity contribution >= 4 is 44.5 Å². The molecule has 1 aliphatic carbocycles. The van der Waals surface area contributed by atoms with Gasteiger partial charge < -0.3 is 9.84 Å². The molecule has 1 aromatic carbocycles. The van der Waals surface area contributed by atoms with Gasteiger partial charge in [-0.05, 0) is 52.7 Å². The van der Waals surface area contributed by atoms with E-state index >= 15 is 0 Å². The van der Waals surface area contributed by atoms with Crippen LogP contribution in [0.5, 0.6) is 0 Å². The first-order valence-corrected chi connectivity index (χ1v) is 9.81. The SMILES string of the molecule is F[C@H]1C[C@@H]1c1nc(-c2ccc(Br)c(NC(=S)c3cnc4ccccn34)c2)no1. The van der Waals surface area contributed by atoms with Crippen molar-refractivity contribution in [2.24, 2.45) is 0 Å². The lowest BCUT2D eigenvalue weighted by molar-refractivity contribution is 0.363. The quantitative estimate of drug-likeness (QED) is 0.445. The van der Waals surface area contributed by atoms with E-state index in [1.54, 1.807) is 6.20 Å². The molecule has 3 heterocycles. The number of hydrogen-bond acceptors (Lipinski definition) is 5. The molecule has 4 aromatic rings. The van der Waals surface area contributed by atoms with Crippen LogP contribution in [0.4, 0.5) is 10.1 Å². The van der Waals surface area contributed by atoms with Gasteiger partial charge in [-0.2, -0.15) is 4.98 Å². The summed E-state index contributed by atoms with van der Waals surface area (Å²) in [5, 5.41) is 7.22. The summed E-state index contributed by atoms with van der Waals surface area (Å²) < 4.78 is 21.2. The van der Waals surface area contributed by atoms with Crippen LogP contribution in [0.3, 0.4) is 0 Å². The number of halogens is 2. The van der Waals surface area contributed by atoms with Crippen LogP contribution in [0.2, 0.25) is 0 Å². The zero-order chi connectivity index (χ0) is 19.3. The monoisotopic (exact) mass is 457 g/mol. The summed E-state index contributed by atoms with van der Waals surface area (Å²) in [7, 11) is 0.